The Labute approximate surface area is 90.3 Å². The lowest BCUT2D eigenvalue weighted by molar-refractivity contribution is 0.112. The number of halogens is 1. The van der Waals surface area contributed by atoms with Gasteiger partial charge >= 0.3 is 0 Å². The Morgan fingerprint density at radius 1 is 1.40 bits per heavy atom. The molecule has 2 rings (SSSR count). The van der Waals surface area contributed by atoms with Crippen LogP contribution in [0.5, 0.6) is 0 Å². The third-order valence-corrected chi connectivity index (χ3v) is 2.45. The summed E-state index contributed by atoms with van der Waals surface area (Å²) in [6, 6.07) is 5.09. The van der Waals surface area contributed by atoms with Gasteiger partial charge in [0.05, 0.1) is 10.9 Å². The first-order chi connectivity index (χ1) is 7.26. The molecule has 0 aliphatic heterocycles. The Balaban J connectivity index is 2.83. The molecule has 0 saturated carbocycles. The molecule has 0 aliphatic rings. The second kappa shape index (κ2) is 3.87. The first-order valence-electron chi connectivity index (χ1n) is 4.32. The van der Waals surface area contributed by atoms with Crippen molar-refractivity contribution in [3.8, 4) is 0 Å². The fourth-order valence-corrected chi connectivity index (χ4v) is 1.52. The van der Waals surface area contributed by atoms with Crippen LogP contribution in [0.25, 0.3) is 11.0 Å². The highest BCUT2D eigenvalue weighted by Crippen LogP contribution is 2.14. The molecule has 0 radical (unpaired) electrons. The predicted octanol–water partition coefficient (Wildman–Crippen LogP) is 2.34. The van der Waals surface area contributed by atoms with Crippen molar-refractivity contribution in [1.82, 2.24) is 0 Å². The van der Waals surface area contributed by atoms with Gasteiger partial charge in [-0.1, -0.05) is 6.07 Å². The molecular formula is C11H7ClO3. The van der Waals surface area contributed by atoms with Crippen molar-refractivity contribution in [3.63, 3.8) is 0 Å². The average Bonchev–Trinajstić information content (AvgIpc) is 2.29. The first-order valence-corrected chi connectivity index (χ1v) is 4.85. The molecule has 76 valence electrons. The second-order valence-electron chi connectivity index (χ2n) is 3.10. The number of carbonyl (C=O) groups is 1. The van der Waals surface area contributed by atoms with Gasteiger partial charge in [-0.2, -0.15) is 0 Å². The molecule has 0 spiro atoms. The molecule has 3 nitrogen and oxygen atoms in total. The van der Waals surface area contributed by atoms with E-state index in [9.17, 15) is 9.59 Å². The van der Waals surface area contributed by atoms with Gasteiger partial charge in [-0.25, -0.2) is 0 Å². The van der Waals surface area contributed by atoms with E-state index in [1.165, 1.54) is 0 Å². The van der Waals surface area contributed by atoms with E-state index < -0.39 is 0 Å². The maximum absolute atomic E-state index is 11.7. The fourth-order valence-electron chi connectivity index (χ4n) is 1.36. The van der Waals surface area contributed by atoms with E-state index in [2.05, 4.69) is 0 Å². The predicted molar refractivity (Wildman–Crippen MR) is 57.4 cm³/mol. The minimum absolute atomic E-state index is 0.0224. The van der Waals surface area contributed by atoms with Crippen LogP contribution < -0.4 is 5.43 Å². The lowest BCUT2D eigenvalue weighted by Crippen LogP contribution is -2.07. The van der Waals surface area contributed by atoms with Crippen LogP contribution in [-0.2, 0) is 5.88 Å². The molecule has 2 aromatic rings. The fraction of sp³-hybridized carbons (Fsp3) is 0.0909. The van der Waals surface area contributed by atoms with E-state index in [-0.39, 0.29) is 11.0 Å². The van der Waals surface area contributed by atoms with E-state index in [1.54, 1.807) is 18.2 Å². The molecule has 0 unspecified atom stereocenters. The molecule has 1 heterocycles. The van der Waals surface area contributed by atoms with Crippen LogP contribution in [0.3, 0.4) is 0 Å². The van der Waals surface area contributed by atoms with Gasteiger partial charge in [0.2, 0.25) is 5.43 Å². The average molecular weight is 223 g/mol. The second-order valence-corrected chi connectivity index (χ2v) is 3.37. The van der Waals surface area contributed by atoms with Crippen molar-refractivity contribution in [2.75, 3.05) is 0 Å². The quantitative estimate of drug-likeness (QED) is 0.579. The smallest absolute Gasteiger partial charge is 0.203 e. The Bertz CT molecular complexity index is 572. The summed E-state index contributed by atoms with van der Waals surface area (Å²) in [5.74, 6) is 0.320. The first kappa shape index (κ1) is 9.93. The lowest BCUT2D eigenvalue weighted by atomic mass is 10.1. The summed E-state index contributed by atoms with van der Waals surface area (Å²) in [7, 11) is 0. The number of aldehydes is 1. The number of hydrogen-bond donors (Lipinski definition) is 0. The number of fused-ring (bicyclic) bond motifs is 1. The minimum atomic E-state index is -0.321. The summed E-state index contributed by atoms with van der Waals surface area (Å²) >= 11 is 5.65. The van der Waals surface area contributed by atoms with Gasteiger partial charge < -0.3 is 4.42 Å². The monoisotopic (exact) mass is 222 g/mol. The highest BCUT2D eigenvalue weighted by atomic mass is 35.5. The molecule has 0 aliphatic carbocycles. The summed E-state index contributed by atoms with van der Waals surface area (Å²) in [4.78, 5) is 22.2. The molecule has 0 N–H and O–H groups in total. The van der Waals surface area contributed by atoms with E-state index in [0.29, 0.717) is 23.1 Å². The maximum Gasteiger partial charge on any atom is 0.203 e. The summed E-state index contributed by atoms with van der Waals surface area (Å²) in [5, 5.41) is 0.387. The highest BCUT2D eigenvalue weighted by Gasteiger charge is 2.06. The van der Waals surface area contributed by atoms with E-state index in [4.69, 9.17) is 16.0 Å². The van der Waals surface area contributed by atoms with Gasteiger partial charge in [0.15, 0.2) is 6.29 Å². The van der Waals surface area contributed by atoms with Gasteiger partial charge in [0, 0.05) is 5.88 Å². The summed E-state index contributed by atoms with van der Waals surface area (Å²) in [6.45, 7) is 0. The molecular weight excluding hydrogens is 216 g/mol. The standard InChI is InChI=1S/C11H7ClO3/c12-4-7-1-2-10-9(3-7)11(14)8(5-13)6-15-10/h1-3,5-6H,4H2. The topological polar surface area (TPSA) is 47.3 Å². The van der Waals surface area contributed by atoms with Crippen molar-refractivity contribution in [3.05, 3.63) is 45.8 Å². The zero-order chi connectivity index (χ0) is 10.8. The van der Waals surface area contributed by atoms with E-state index >= 15 is 0 Å². The normalized spacial score (nSPS) is 10.5. The van der Waals surface area contributed by atoms with Crippen molar-refractivity contribution < 1.29 is 9.21 Å². The highest BCUT2D eigenvalue weighted by molar-refractivity contribution is 6.17. The van der Waals surface area contributed by atoms with Crippen LogP contribution in [0.1, 0.15) is 15.9 Å². The van der Waals surface area contributed by atoms with Gasteiger partial charge in [-0.05, 0) is 17.7 Å². The molecule has 0 atom stereocenters. The Morgan fingerprint density at radius 2 is 2.20 bits per heavy atom. The Hall–Kier alpha value is -1.61. The van der Waals surface area contributed by atoms with Gasteiger partial charge in [0.25, 0.3) is 0 Å². The van der Waals surface area contributed by atoms with Crippen molar-refractivity contribution in [1.29, 1.82) is 0 Å². The number of carbonyl (C=O) groups excluding carboxylic acids is 1. The van der Waals surface area contributed by atoms with Crippen molar-refractivity contribution >= 4 is 28.9 Å². The molecule has 0 fully saturated rings. The number of hydrogen-bond acceptors (Lipinski definition) is 3. The maximum atomic E-state index is 11.7. The zero-order valence-electron chi connectivity index (χ0n) is 7.70. The largest absolute Gasteiger partial charge is 0.463 e. The van der Waals surface area contributed by atoms with E-state index in [1.807, 2.05) is 0 Å². The number of benzene rings is 1. The van der Waals surface area contributed by atoms with Crippen LogP contribution >= 0.6 is 11.6 Å². The number of alkyl halides is 1. The zero-order valence-corrected chi connectivity index (χ0v) is 8.45. The van der Waals surface area contributed by atoms with Crippen LogP contribution in [0.2, 0.25) is 0 Å². The third kappa shape index (κ3) is 1.66. The molecule has 0 amide bonds. The lowest BCUT2D eigenvalue weighted by Gasteiger charge is -1.99. The SMILES string of the molecule is O=Cc1coc2ccc(CCl)cc2c1=O. The van der Waals surface area contributed by atoms with E-state index in [0.717, 1.165) is 11.8 Å². The molecule has 4 heteroatoms. The third-order valence-electron chi connectivity index (χ3n) is 2.14. The Kier molecular flexibility index (Phi) is 2.56. The molecule has 0 saturated heterocycles. The molecule has 1 aromatic carbocycles. The summed E-state index contributed by atoms with van der Waals surface area (Å²) in [6.07, 6.45) is 1.65. The minimum Gasteiger partial charge on any atom is -0.463 e. The van der Waals surface area contributed by atoms with Gasteiger partial charge in [0.1, 0.15) is 11.8 Å². The molecule has 15 heavy (non-hydrogen) atoms. The summed E-state index contributed by atoms with van der Waals surface area (Å²) < 4.78 is 5.14. The van der Waals surface area contributed by atoms with Crippen molar-refractivity contribution in [2.45, 2.75) is 5.88 Å². The molecule has 0 bridgehead atoms. The van der Waals surface area contributed by atoms with Crippen LogP contribution in [0.15, 0.2) is 33.7 Å². The van der Waals surface area contributed by atoms with Crippen LogP contribution in [0.4, 0.5) is 0 Å². The van der Waals surface area contributed by atoms with Gasteiger partial charge in [-0.3, -0.25) is 9.59 Å². The Morgan fingerprint density at radius 3 is 2.87 bits per heavy atom. The van der Waals surface area contributed by atoms with Crippen molar-refractivity contribution in [2.24, 2.45) is 0 Å². The van der Waals surface area contributed by atoms with Crippen LogP contribution in [0, 0.1) is 0 Å². The number of rotatable bonds is 2. The summed E-state index contributed by atoms with van der Waals surface area (Å²) in [5.41, 5.74) is 0.978. The van der Waals surface area contributed by atoms with Gasteiger partial charge in [-0.15, -0.1) is 11.6 Å². The molecule has 1 aromatic heterocycles. The van der Waals surface area contributed by atoms with Crippen LogP contribution in [-0.4, -0.2) is 6.29 Å².